The van der Waals surface area contributed by atoms with Crippen molar-refractivity contribution < 1.29 is 14.3 Å². The van der Waals surface area contributed by atoms with Gasteiger partial charge in [0.15, 0.2) is 5.82 Å². The molecule has 0 aliphatic rings. The topological polar surface area (TPSA) is 118 Å². The van der Waals surface area contributed by atoms with Crippen LogP contribution in [0.1, 0.15) is 17.3 Å². The van der Waals surface area contributed by atoms with E-state index in [1.165, 1.54) is 20.2 Å². The van der Waals surface area contributed by atoms with Gasteiger partial charge >= 0.3 is 5.97 Å². The number of amides is 1. The van der Waals surface area contributed by atoms with Crippen LogP contribution < -0.4 is 16.0 Å². The summed E-state index contributed by atoms with van der Waals surface area (Å²) in [4.78, 5) is 27.2. The third-order valence-corrected chi connectivity index (χ3v) is 3.55. The minimum Gasteiger partial charge on any atom is -0.465 e. The van der Waals surface area contributed by atoms with Crippen molar-refractivity contribution in [1.82, 2.24) is 15.2 Å². The van der Waals surface area contributed by atoms with Crippen LogP contribution in [-0.4, -0.2) is 34.2 Å². The predicted octanol–water partition coefficient (Wildman–Crippen LogP) is 3.10. The molecular weight excluding hydrogens is 360 g/mol. The molecule has 142 valence electrons. The number of nitrogens with one attached hydrogen (secondary N) is 3. The maximum absolute atomic E-state index is 11.6. The summed E-state index contributed by atoms with van der Waals surface area (Å²) >= 11 is 0. The highest BCUT2D eigenvalue weighted by Crippen LogP contribution is 2.20. The average Bonchev–Trinajstić information content (AvgIpc) is 2.67. The molecule has 9 heteroatoms. The smallest absolute Gasteiger partial charge is 0.337 e. The van der Waals surface area contributed by atoms with E-state index in [2.05, 4.69) is 31.1 Å². The molecule has 0 radical (unpaired) electrons. The van der Waals surface area contributed by atoms with Gasteiger partial charge in [0, 0.05) is 24.0 Å². The molecule has 0 fully saturated rings. The van der Waals surface area contributed by atoms with E-state index in [1.54, 1.807) is 42.5 Å². The van der Waals surface area contributed by atoms with Crippen molar-refractivity contribution in [1.29, 1.82) is 0 Å². The number of ether oxygens (including phenoxy) is 1. The molecule has 3 aromatic rings. The fourth-order valence-corrected chi connectivity index (χ4v) is 2.41. The van der Waals surface area contributed by atoms with Gasteiger partial charge in [0.05, 0.1) is 18.9 Å². The van der Waals surface area contributed by atoms with Crippen molar-refractivity contribution in [2.75, 3.05) is 23.1 Å². The van der Waals surface area contributed by atoms with Crippen LogP contribution in [0.25, 0.3) is 0 Å². The van der Waals surface area contributed by atoms with Crippen LogP contribution in [0.5, 0.6) is 0 Å². The highest BCUT2D eigenvalue weighted by atomic mass is 16.5. The van der Waals surface area contributed by atoms with Gasteiger partial charge in [0.1, 0.15) is 0 Å². The Morgan fingerprint density at radius 2 is 1.68 bits per heavy atom. The molecule has 3 N–H and O–H groups in total. The van der Waals surface area contributed by atoms with Gasteiger partial charge in [-0.25, -0.2) is 4.79 Å². The van der Waals surface area contributed by atoms with Crippen LogP contribution in [-0.2, 0) is 9.53 Å². The number of aromatic nitrogens is 3. The van der Waals surface area contributed by atoms with Gasteiger partial charge in [-0.3, -0.25) is 4.79 Å². The summed E-state index contributed by atoms with van der Waals surface area (Å²) < 4.78 is 4.72. The number of benzene rings is 2. The Bertz CT molecular complexity index is 1010. The zero-order valence-electron chi connectivity index (χ0n) is 15.3. The molecule has 1 aromatic heterocycles. The van der Waals surface area contributed by atoms with Crippen molar-refractivity contribution in [3.05, 3.63) is 60.3 Å². The Labute approximate surface area is 161 Å². The third kappa shape index (κ3) is 5.01. The Hall–Kier alpha value is -4.01. The third-order valence-electron chi connectivity index (χ3n) is 3.55. The van der Waals surface area contributed by atoms with Gasteiger partial charge in [-0.15, -0.1) is 5.10 Å². The fourth-order valence-electron chi connectivity index (χ4n) is 2.41. The zero-order chi connectivity index (χ0) is 19.9. The first-order chi connectivity index (χ1) is 13.5. The highest BCUT2D eigenvalue weighted by Gasteiger charge is 2.07. The summed E-state index contributed by atoms with van der Waals surface area (Å²) in [6.07, 6.45) is 1.46. The van der Waals surface area contributed by atoms with Crippen molar-refractivity contribution in [3.63, 3.8) is 0 Å². The average molecular weight is 378 g/mol. The SMILES string of the molecule is COC(=O)c1cccc(Nc2cnnc(Nc3cccc(NC(C)=O)c3)n2)c1. The maximum Gasteiger partial charge on any atom is 0.337 e. The molecular formula is C19H18N6O3. The van der Waals surface area contributed by atoms with Crippen LogP contribution in [0.3, 0.4) is 0 Å². The molecule has 9 nitrogen and oxygen atoms in total. The quantitative estimate of drug-likeness (QED) is 0.560. The predicted molar refractivity (Wildman–Crippen MR) is 105 cm³/mol. The van der Waals surface area contributed by atoms with E-state index in [-0.39, 0.29) is 11.9 Å². The first-order valence-electron chi connectivity index (χ1n) is 8.33. The van der Waals surface area contributed by atoms with Gasteiger partial charge in [-0.05, 0) is 36.4 Å². The lowest BCUT2D eigenvalue weighted by molar-refractivity contribution is -0.114. The number of rotatable bonds is 6. The Kier molecular flexibility index (Phi) is 5.75. The summed E-state index contributed by atoms with van der Waals surface area (Å²) in [6.45, 7) is 1.44. The van der Waals surface area contributed by atoms with Crippen LogP contribution in [0, 0.1) is 0 Å². The molecule has 0 aliphatic carbocycles. The van der Waals surface area contributed by atoms with Crippen LogP contribution >= 0.6 is 0 Å². The van der Waals surface area contributed by atoms with E-state index in [0.717, 1.165) is 0 Å². The van der Waals surface area contributed by atoms with E-state index in [1.807, 2.05) is 6.07 Å². The molecule has 0 saturated heterocycles. The lowest BCUT2D eigenvalue weighted by Crippen LogP contribution is -2.06. The standard InChI is InChI=1S/C19H18N6O3/c1-12(26)21-15-7-4-8-16(10-15)23-19-24-17(11-20-25-19)22-14-6-3-5-13(9-14)18(27)28-2/h3-11H,1-2H3,(H,21,26)(H2,22,23,24,25). The molecule has 28 heavy (non-hydrogen) atoms. The van der Waals surface area contributed by atoms with Crippen LogP contribution in [0.2, 0.25) is 0 Å². The molecule has 3 rings (SSSR count). The van der Waals surface area contributed by atoms with E-state index in [4.69, 9.17) is 4.74 Å². The van der Waals surface area contributed by atoms with Crippen molar-refractivity contribution >= 4 is 40.7 Å². The molecule has 0 aliphatic heterocycles. The lowest BCUT2D eigenvalue weighted by atomic mass is 10.2. The first kappa shape index (κ1) is 18.8. The number of carbonyl (C=O) groups excluding carboxylic acids is 2. The van der Waals surface area contributed by atoms with Crippen molar-refractivity contribution in [2.45, 2.75) is 6.92 Å². The van der Waals surface area contributed by atoms with Crippen molar-refractivity contribution in [2.24, 2.45) is 0 Å². The normalized spacial score (nSPS) is 10.1. The second kappa shape index (κ2) is 8.58. The zero-order valence-corrected chi connectivity index (χ0v) is 15.3. The van der Waals surface area contributed by atoms with Gasteiger partial charge in [0.25, 0.3) is 0 Å². The molecule has 0 bridgehead atoms. The summed E-state index contributed by atoms with van der Waals surface area (Å²) in [6, 6.07) is 14.0. The summed E-state index contributed by atoms with van der Waals surface area (Å²) in [5, 5.41) is 16.7. The number of methoxy groups -OCH3 is 1. The molecule has 0 saturated carbocycles. The summed E-state index contributed by atoms with van der Waals surface area (Å²) in [5.74, 6) is 0.132. The molecule has 0 unspecified atom stereocenters. The van der Waals surface area contributed by atoms with Gasteiger partial charge in [-0.1, -0.05) is 12.1 Å². The lowest BCUT2D eigenvalue weighted by Gasteiger charge is -2.09. The Balaban J connectivity index is 1.74. The summed E-state index contributed by atoms with van der Waals surface area (Å²) in [7, 11) is 1.33. The monoisotopic (exact) mass is 378 g/mol. The highest BCUT2D eigenvalue weighted by molar-refractivity contribution is 5.90. The number of nitrogens with zero attached hydrogens (tertiary/aromatic N) is 3. The molecule has 1 heterocycles. The second-order valence-electron chi connectivity index (χ2n) is 5.75. The van der Waals surface area contributed by atoms with E-state index < -0.39 is 5.97 Å². The van der Waals surface area contributed by atoms with Crippen LogP contribution in [0.15, 0.2) is 54.7 Å². The number of hydrogen-bond acceptors (Lipinski definition) is 8. The number of carbonyl (C=O) groups is 2. The van der Waals surface area contributed by atoms with E-state index in [0.29, 0.717) is 28.4 Å². The number of hydrogen-bond donors (Lipinski definition) is 3. The molecule has 0 atom stereocenters. The molecule has 1 amide bonds. The molecule has 2 aromatic carbocycles. The largest absolute Gasteiger partial charge is 0.465 e. The molecule has 0 spiro atoms. The minimum absolute atomic E-state index is 0.157. The first-order valence-corrected chi connectivity index (χ1v) is 8.33. The van der Waals surface area contributed by atoms with Gasteiger partial charge < -0.3 is 20.7 Å². The Morgan fingerprint density at radius 3 is 2.43 bits per heavy atom. The van der Waals surface area contributed by atoms with Gasteiger partial charge in [-0.2, -0.15) is 10.1 Å². The van der Waals surface area contributed by atoms with E-state index >= 15 is 0 Å². The van der Waals surface area contributed by atoms with Crippen molar-refractivity contribution in [3.8, 4) is 0 Å². The van der Waals surface area contributed by atoms with Gasteiger partial charge in [0.2, 0.25) is 11.9 Å². The summed E-state index contributed by atoms with van der Waals surface area (Å²) in [5.41, 5.74) is 2.42. The van der Waals surface area contributed by atoms with E-state index in [9.17, 15) is 9.59 Å². The minimum atomic E-state index is -0.425. The number of anilines is 5. The Morgan fingerprint density at radius 1 is 0.964 bits per heavy atom. The van der Waals surface area contributed by atoms with Crippen LogP contribution in [0.4, 0.5) is 28.8 Å². The maximum atomic E-state index is 11.6. The fraction of sp³-hybridized carbons (Fsp3) is 0.105. The second-order valence-corrected chi connectivity index (χ2v) is 5.75. The number of esters is 1.